The van der Waals surface area contributed by atoms with Crippen LogP contribution < -0.4 is 0 Å². The van der Waals surface area contributed by atoms with E-state index < -0.39 is 5.97 Å². The molecule has 0 fully saturated rings. The van der Waals surface area contributed by atoms with Crippen LogP contribution >= 0.6 is 34.8 Å². The first-order chi connectivity index (χ1) is 6.11. The zero-order chi connectivity index (χ0) is 10.0. The van der Waals surface area contributed by atoms with Gasteiger partial charge in [-0.3, -0.25) is 0 Å². The lowest BCUT2D eigenvalue weighted by Gasteiger charge is -1.96. The van der Waals surface area contributed by atoms with Crippen molar-refractivity contribution < 1.29 is 9.53 Å². The minimum absolute atomic E-state index is 0.0162. The molecule has 0 spiro atoms. The summed E-state index contributed by atoms with van der Waals surface area (Å²) in [5.74, 6) is -0.633. The number of methoxy groups -OCH3 is 1. The van der Waals surface area contributed by atoms with Crippen LogP contribution in [0.15, 0.2) is 0 Å². The molecule has 1 rings (SSSR count). The van der Waals surface area contributed by atoms with Crippen molar-refractivity contribution in [1.29, 1.82) is 0 Å². The van der Waals surface area contributed by atoms with Gasteiger partial charge in [0.1, 0.15) is 16.7 Å². The van der Waals surface area contributed by atoms with E-state index in [4.69, 9.17) is 34.8 Å². The van der Waals surface area contributed by atoms with Gasteiger partial charge < -0.3 is 4.74 Å². The number of hydrogen-bond donors (Lipinski definition) is 0. The van der Waals surface area contributed by atoms with E-state index in [-0.39, 0.29) is 21.9 Å². The maximum Gasteiger partial charge on any atom is 0.344 e. The Hall–Kier alpha value is -0.450. The van der Waals surface area contributed by atoms with E-state index in [2.05, 4.69) is 9.84 Å². The number of aromatic nitrogens is 2. The Labute approximate surface area is 89.3 Å². The van der Waals surface area contributed by atoms with Crippen molar-refractivity contribution in [2.24, 2.45) is 0 Å². The van der Waals surface area contributed by atoms with Crippen LogP contribution in [0.3, 0.4) is 0 Å². The average Bonchev–Trinajstić information content (AvgIpc) is 2.40. The van der Waals surface area contributed by atoms with Gasteiger partial charge in [-0.1, -0.05) is 23.2 Å². The molecule has 0 saturated carbocycles. The molecule has 0 unspecified atom stereocenters. The molecule has 13 heavy (non-hydrogen) atoms. The van der Waals surface area contributed by atoms with Gasteiger partial charge >= 0.3 is 5.97 Å². The standard InChI is InChI=1S/C6H5Cl3N2O2/c1-13-6(12)3-4(8)10-11(2-7)5(3)9/h2H2,1H3. The van der Waals surface area contributed by atoms with E-state index in [9.17, 15) is 4.79 Å². The monoisotopic (exact) mass is 242 g/mol. The first kappa shape index (κ1) is 10.6. The Morgan fingerprint density at radius 2 is 2.23 bits per heavy atom. The number of rotatable bonds is 2. The number of ether oxygens (including phenoxy) is 1. The predicted octanol–water partition coefficient (Wildman–Crippen LogP) is 2.17. The highest BCUT2D eigenvalue weighted by Gasteiger charge is 2.21. The molecule has 4 nitrogen and oxygen atoms in total. The van der Waals surface area contributed by atoms with Crippen molar-refractivity contribution in [3.63, 3.8) is 0 Å². The Bertz CT molecular complexity index is 337. The smallest absolute Gasteiger partial charge is 0.344 e. The number of alkyl halides is 1. The van der Waals surface area contributed by atoms with Crippen LogP contribution in [-0.2, 0) is 10.7 Å². The minimum atomic E-state index is -0.633. The molecule has 0 aliphatic carbocycles. The van der Waals surface area contributed by atoms with E-state index in [1.54, 1.807) is 0 Å². The third-order valence-electron chi connectivity index (χ3n) is 1.35. The van der Waals surface area contributed by atoms with Crippen LogP contribution in [0.2, 0.25) is 10.3 Å². The summed E-state index contributed by atoms with van der Waals surface area (Å²) in [6, 6.07) is 0.0234. The zero-order valence-electron chi connectivity index (χ0n) is 6.55. The second-order valence-corrected chi connectivity index (χ2v) is 3.02. The predicted molar refractivity (Wildman–Crippen MR) is 49.4 cm³/mol. The van der Waals surface area contributed by atoms with Gasteiger partial charge in [0.25, 0.3) is 0 Å². The lowest BCUT2D eigenvalue weighted by Crippen LogP contribution is -2.02. The Kier molecular flexibility index (Phi) is 3.41. The van der Waals surface area contributed by atoms with Crippen LogP contribution in [0.25, 0.3) is 0 Å². The highest BCUT2D eigenvalue weighted by atomic mass is 35.5. The fourth-order valence-electron chi connectivity index (χ4n) is 0.764. The van der Waals surface area contributed by atoms with Gasteiger partial charge in [-0.25, -0.2) is 9.48 Å². The van der Waals surface area contributed by atoms with Crippen LogP contribution in [0, 0.1) is 0 Å². The lowest BCUT2D eigenvalue weighted by molar-refractivity contribution is 0.0601. The summed E-state index contributed by atoms with van der Waals surface area (Å²) in [5.41, 5.74) is 0.0338. The Morgan fingerprint density at radius 1 is 1.62 bits per heavy atom. The number of esters is 1. The molecule has 1 aromatic rings. The molecule has 72 valence electrons. The molecule has 0 N–H and O–H groups in total. The molecular formula is C6H5Cl3N2O2. The molecule has 7 heteroatoms. The molecule has 0 amide bonds. The van der Waals surface area contributed by atoms with Crippen LogP contribution in [0.1, 0.15) is 10.4 Å². The van der Waals surface area contributed by atoms with E-state index in [0.717, 1.165) is 0 Å². The van der Waals surface area contributed by atoms with Gasteiger partial charge in [0.15, 0.2) is 5.15 Å². The van der Waals surface area contributed by atoms with Crippen LogP contribution in [0.5, 0.6) is 0 Å². The maximum atomic E-state index is 11.1. The largest absolute Gasteiger partial charge is 0.465 e. The molecule has 0 saturated heterocycles. The van der Waals surface area contributed by atoms with Gasteiger partial charge in [0, 0.05) is 0 Å². The summed E-state index contributed by atoms with van der Waals surface area (Å²) < 4.78 is 5.64. The zero-order valence-corrected chi connectivity index (χ0v) is 8.82. The quantitative estimate of drug-likeness (QED) is 0.591. The molecule has 0 bridgehead atoms. The highest BCUT2D eigenvalue weighted by molar-refractivity contribution is 6.38. The number of nitrogens with zero attached hydrogens (tertiary/aromatic N) is 2. The summed E-state index contributed by atoms with van der Waals surface area (Å²) in [4.78, 5) is 11.1. The number of hydrogen-bond acceptors (Lipinski definition) is 3. The fourth-order valence-corrected chi connectivity index (χ4v) is 1.57. The molecular weight excluding hydrogens is 238 g/mol. The fraction of sp³-hybridized carbons (Fsp3) is 0.333. The second kappa shape index (κ2) is 4.17. The first-order valence-corrected chi connectivity index (χ1v) is 4.47. The van der Waals surface area contributed by atoms with Crippen molar-refractivity contribution >= 4 is 40.8 Å². The first-order valence-electron chi connectivity index (χ1n) is 3.18. The van der Waals surface area contributed by atoms with Gasteiger partial charge in [-0.2, -0.15) is 5.10 Å². The van der Waals surface area contributed by atoms with Gasteiger partial charge in [0.05, 0.1) is 7.11 Å². The third kappa shape index (κ3) is 1.90. The summed E-state index contributed by atoms with van der Waals surface area (Å²) in [7, 11) is 1.23. The van der Waals surface area contributed by atoms with E-state index in [1.165, 1.54) is 11.8 Å². The van der Waals surface area contributed by atoms with Crippen molar-refractivity contribution in [2.75, 3.05) is 7.11 Å². The highest BCUT2D eigenvalue weighted by Crippen LogP contribution is 2.24. The number of carbonyl (C=O) groups is 1. The lowest BCUT2D eigenvalue weighted by atomic mass is 10.4. The summed E-state index contributed by atoms with van der Waals surface area (Å²) in [6.45, 7) is 0. The topological polar surface area (TPSA) is 44.1 Å². The normalized spacial score (nSPS) is 10.2. The molecule has 0 radical (unpaired) electrons. The molecule has 0 aliphatic rings. The summed E-state index contributed by atoms with van der Waals surface area (Å²) >= 11 is 16.8. The minimum Gasteiger partial charge on any atom is -0.465 e. The van der Waals surface area contributed by atoms with Gasteiger partial charge in [-0.15, -0.1) is 11.6 Å². The summed E-state index contributed by atoms with van der Waals surface area (Å²) in [6.07, 6.45) is 0. The van der Waals surface area contributed by atoms with Gasteiger partial charge in [-0.05, 0) is 0 Å². The van der Waals surface area contributed by atoms with Crippen molar-refractivity contribution in [3.8, 4) is 0 Å². The SMILES string of the molecule is COC(=O)c1c(Cl)nn(CCl)c1Cl. The molecule has 0 aliphatic heterocycles. The molecule has 1 aromatic heterocycles. The van der Waals surface area contributed by atoms with Crippen LogP contribution in [-0.4, -0.2) is 22.9 Å². The number of carbonyl (C=O) groups excluding carboxylic acids is 1. The van der Waals surface area contributed by atoms with Gasteiger partial charge in [0.2, 0.25) is 0 Å². The van der Waals surface area contributed by atoms with E-state index in [0.29, 0.717) is 0 Å². The van der Waals surface area contributed by atoms with Crippen molar-refractivity contribution in [3.05, 3.63) is 15.9 Å². The summed E-state index contributed by atoms with van der Waals surface area (Å²) in [5, 5.41) is 3.77. The van der Waals surface area contributed by atoms with E-state index in [1.807, 2.05) is 0 Å². The Balaban J connectivity index is 3.20. The Morgan fingerprint density at radius 3 is 2.62 bits per heavy atom. The maximum absolute atomic E-state index is 11.1. The number of halogens is 3. The van der Waals surface area contributed by atoms with Crippen LogP contribution in [0.4, 0.5) is 0 Å². The van der Waals surface area contributed by atoms with Crippen molar-refractivity contribution in [2.45, 2.75) is 6.00 Å². The second-order valence-electron chi connectivity index (χ2n) is 2.07. The van der Waals surface area contributed by atoms with E-state index >= 15 is 0 Å². The third-order valence-corrected chi connectivity index (χ3v) is 2.23. The van der Waals surface area contributed by atoms with Crippen molar-refractivity contribution in [1.82, 2.24) is 9.78 Å². The molecule has 0 aromatic carbocycles. The average molecular weight is 243 g/mol. The molecule has 1 heterocycles. The molecule has 0 atom stereocenters.